The van der Waals surface area contributed by atoms with Crippen LogP contribution in [-0.2, 0) is 0 Å². The van der Waals surface area contributed by atoms with E-state index in [1.54, 1.807) is 0 Å². The van der Waals surface area contributed by atoms with Gasteiger partial charge in [-0.05, 0) is 24.5 Å². The molecule has 4 N–H and O–H groups in total. The van der Waals surface area contributed by atoms with Crippen molar-refractivity contribution in [1.29, 1.82) is 0 Å². The maximum Gasteiger partial charge on any atom is 0.232 e. The second kappa shape index (κ2) is 7.95. The molecule has 2 aromatic rings. The Bertz CT molecular complexity index is 801. The van der Waals surface area contributed by atoms with E-state index in [4.69, 9.17) is 5.73 Å². The Hall–Kier alpha value is -1.97. The number of hydrogen-bond acceptors (Lipinski definition) is 8. The van der Waals surface area contributed by atoms with E-state index in [1.165, 1.54) is 5.56 Å². The van der Waals surface area contributed by atoms with Gasteiger partial charge in [0.25, 0.3) is 0 Å². The highest BCUT2D eigenvalue weighted by molar-refractivity contribution is 9.10. The van der Waals surface area contributed by atoms with Crippen molar-refractivity contribution in [1.82, 2.24) is 19.9 Å². The molecule has 1 aliphatic carbocycles. The van der Waals surface area contributed by atoms with Crippen molar-refractivity contribution < 1.29 is 5.11 Å². The number of piperazine rings is 1. The van der Waals surface area contributed by atoms with E-state index in [2.05, 4.69) is 52.1 Å². The predicted molar refractivity (Wildman–Crippen MR) is 109 cm³/mol. The number of rotatable bonds is 6. The molecule has 1 atom stereocenters. The van der Waals surface area contributed by atoms with Gasteiger partial charge in [-0.15, -0.1) is 0 Å². The normalized spacial score (nSPS) is 20.7. The van der Waals surface area contributed by atoms with Crippen LogP contribution in [0.4, 0.5) is 17.8 Å². The summed E-state index contributed by atoms with van der Waals surface area (Å²) in [5.41, 5.74) is 7.12. The number of nitrogen functional groups attached to an aromatic ring is 1. The number of halogens is 1. The van der Waals surface area contributed by atoms with Crippen LogP contribution >= 0.6 is 15.9 Å². The summed E-state index contributed by atoms with van der Waals surface area (Å²) in [4.78, 5) is 17.6. The van der Waals surface area contributed by atoms with Crippen LogP contribution in [0.2, 0.25) is 0 Å². The fourth-order valence-corrected chi connectivity index (χ4v) is 3.98. The van der Waals surface area contributed by atoms with Crippen molar-refractivity contribution in [3.63, 3.8) is 0 Å². The number of aliphatic hydroxyl groups excluding tert-OH is 1. The van der Waals surface area contributed by atoms with Gasteiger partial charge in [0.05, 0.1) is 12.6 Å². The Balaban J connectivity index is 1.59. The average molecular weight is 434 g/mol. The van der Waals surface area contributed by atoms with Gasteiger partial charge in [0.2, 0.25) is 17.8 Å². The van der Waals surface area contributed by atoms with Crippen molar-refractivity contribution in [3.8, 4) is 0 Å². The second-order valence-electron chi connectivity index (χ2n) is 6.98. The zero-order valence-corrected chi connectivity index (χ0v) is 16.6. The molecule has 1 unspecified atom stereocenters. The third kappa shape index (κ3) is 4.31. The van der Waals surface area contributed by atoms with Gasteiger partial charge >= 0.3 is 0 Å². The number of benzene rings is 1. The van der Waals surface area contributed by atoms with Gasteiger partial charge in [0, 0.05) is 36.7 Å². The van der Waals surface area contributed by atoms with Crippen LogP contribution in [0.15, 0.2) is 28.7 Å². The number of nitrogens with zero attached hydrogens (tertiary/aromatic N) is 5. The van der Waals surface area contributed by atoms with E-state index in [0.29, 0.717) is 24.5 Å². The highest BCUT2D eigenvalue weighted by atomic mass is 79.9. The molecular formula is C18H24BrN7O. The Labute approximate surface area is 166 Å². The molecule has 0 amide bonds. The smallest absolute Gasteiger partial charge is 0.232 e. The molecule has 144 valence electrons. The zero-order chi connectivity index (χ0) is 18.8. The summed E-state index contributed by atoms with van der Waals surface area (Å²) in [5.74, 6) is 1.39. The molecule has 0 radical (unpaired) electrons. The average Bonchev–Trinajstić information content (AvgIpc) is 3.46. The first-order chi connectivity index (χ1) is 13.1. The van der Waals surface area contributed by atoms with E-state index >= 15 is 0 Å². The summed E-state index contributed by atoms with van der Waals surface area (Å²) in [6.07, 6.45) is 2.29. The molecule has 1 aromatic carbocycles. The number of aromatic nitrogens is 3. The molecule has 27 heavy (non-hydrogen) atoms. The molecule has 2 heterocycles. The van der Waals surface area contributed by atoms with Gasteiger partial charge in [-0.2, -0.15) is 15.0 Å². The molecule has 8 nitrogen and oxygen atoms in total. The Morgan fingerprint density at radius 1 is 1.19 bits per heavy atom. The van der Waals surface area contributed by atoms with Gasteiger partial charge < -0.3 is 21.1 Å². The number of β-amino-alcohol motifs (C(OH)–C–C–N with tert-alkyl or cyclic N) is 1. The van der Waals surface area contributed by atoms with Crippen LogP contribution in [0.1, 0.15) is 24.4 Å². The molecule has 1 aliphatic heterocycles. The lowest BCUT2D eigenvalue weighted by Gasteiger charge is -2.41. The van der Waals surface area contributed by atoms with Crippen molar-refractivity contribution in [2.24, 2.45) is 0 Å². The summed E-state index contributed by atoms with van der Waals surface area (Å²) >= 11 is 3.66. The summed E-state index contributed by atoms with van der Waals surface area (Å²) < 4.78 is 1.06. The van der Waals surface area contributed by atoms with E-state index < -0.39 is 0 Å². The molecule has 1 aromatic heterocycles. The molecule has 0 spiro atoms. The lowest BCUT2D eigenvalue weighted by molar-refractivity contribution is 0.137. The summed E-state index contributed by atoms with van der Waals surface area (Å²) in [5, 5.41) is 12.8. The number of hydrogen-bond donors (Lipinski definition) is 3. The fraction of sp³-hybridized carbons (Fsp3) is 0.500. The minimum atomic E-state index is 0.124. The molecule has 2 fully saturated rings. The van der Waals surface area contributed by atoms with Crippen LogP contribution in [0.3, 0.4) is 0 Å². The number of nitrogens with one attached hydrogen (secondary N) is 1. The molecule has 2 aliphatic rings. The van der Waals surface area contributed by atoms with E-state index in [9.17, 15) is 5.11 Å². The van der Waals surface area contributed by atoms with Crippen LogP contribution in [0.25, 0.3) is 0 Å². The Morgan fingerprint density at radius 3 is 2.74 bits per heavy atom. The number of nitrogens with two attached hydrogens (primary N) is 1. The Kier molecular flexibility index (Phi) is 5.42. The lowest BCUT2D eigenvalue weighted by Crippen LogP contribution is -2.50. The first-order valence-corrected chi connectivity index (χ1v) is 10.1. The van der Waals surface area contributed by atoms with Crippen molar-refractivity contribution in [2.75, 3.05) is 48.7 Å². The second-order valence-corrected chi connectivity index (χ2v) is 7.83. The molecule has 1 saturated heterocycles. The topological polar surface area (TPSA) is 103 Å². The van der Waals surface area contributed by atoms with E-state index in [1.807, 2.05) is 18.2 Å². The molecule has 1 saturated carbocycles. The SMILES string of the molecule is Nc1nc(NC2CC2)nc(N2CCN(CCO)C(c3ccccc3Br)C2)n1. The fourth-order valence-electron chi connectivity index (χ4n) is 3.44. The molecular weight excluding hydrogens is 410 g/mol. The molecule has 9 heteroatoms. The van der Waals surface area contributed by atoms with Gasteiger partial charge in [-0.1, -0.05) is 34.1 Å². The monoisotopic (exact) mass is 433 g/mol. The van der Waals surface area contributed by atoms with Crippen molar-refractivity contribution >= 4 is 33.8 Å². The van der Waals surface area contributed by atoms with Gasteiger partial charge in [-0.3, -0.25) is 4.90 Å². The summed E-state index contributed by atoms with van der Waals surface area (Å²) in [6.45, 7) is 3.06. The molecule has 4 rings (SSSR count). The van der Waals surface area contributed by atoms with Crippen LogP contribution in [0, 0.1) is 0 Å². The van der Waals surface area contributed by atoms with Crippen LogP contribution in [-0.4, -0.2) is 63.8 Å². The lowest BCUT2D eigenvalue weighted by atomic mass is 10.0. The van der Waals surface area contributed by atoms with Crippen LogP contribution < -0.4 is 16.0 Å². The standard InChI is InChI=1S/C18H24BrN7O/c19-14-4-2-1-3-13(14)15-11-26(8-7-25(15)9-10-27)18-23-16(20)22-17(24-18)21-12-5-6-12/h1-4,12,15,27H,5-11H2,(H3,20,21,22,23,24). The highest BCUT2D eigenvalue weighted by Gasteiger charge is 2.31. The predicted octanol–water partition coefficient (Wildman–Crippen LogP) is 1.65. The minimum Gasteiger partial charge on any atom is -0.395 e. The van der Waals surface area contributed by atoms with Gasteiger partial charge in [0.15, 0.2) is 0 Å². The summed E-state index contributed by atoms with van der Waals surface area (Å²) in [7, 11) is 0. The largest absolute Gasteiger partial charge is 0.395 e. The van der Waals surface area contributed by atoms with E-state index in [-0.39, 0.29) is 18.6 Å². The quantitative estimate of drug-likeness (QED) is 0.631. The number of anilines is 3. The van der Waals surface area contributed by atoms with Crippen LogP contribution in [0.5, 0.6) is 0 Å². The number of aliphatic hydroxyl groups is 1. The molecule has 0 bridgehead atoms. The third-order valence-corrected chi connectivity index (χ3v) is 5.70. The maximum atomic E-state index is 9.47. The Morgan fingerprint density at radius 2 is 2.00 bits per heavy atom. The van der Waals surface area contributed by atoms with E-state index in [0.717, 1.165) is 36.9 Å². The van der Waals surface area contributed by atoms with Crippen molar-refractivity contribution in [3.05, 3.63) is 34.3 Å². The first kappa shape index (κ1) is 18.4. The third-order valence-electron chi connectivity index (χ3n) is 4.98. The van der Waals surface area contributed by atoms with Gasteiger partial charge in [-0.25, -0.2) is 0 Å². The zero-order valence-electron chi connectivity index (χ0n) is 15.1. The highest BCUT2D eigenvalue weighted by Crippen LogP contribution is 2.32. The first-order valence-electron chi connectivity index (χ1n) is 9.26. The van der Waals surface area contributed by atoms with Crippen molar-refractivity contribution in [2.45, 2.75) is 24.9 Å². The maximum absolute atomic E-state index is 9.47. The summed E-state index contributed by atoms with van der Waals surface area (Å²) in [6, 6.07) is 8.78. The van der Waals surface area contributed by atoms with Gasteiger partial charge in [0.1, 0.15) is 0 Å². The minimum absolute atomic E-state index is 0.124.